The zero-order valence-electron chi connectivity index (χ0n) is 12.3. The molecule has 0 bridgehead atoms. The molecule has 0 aliphatic rings. The molecule has 1 atom stereocenters. The summed E-state index contributed by atoms with van der Waals surface area (Å²) in [5, 5.41) is 12.9. The lowest BCUT2D eigenvalue weighted by Crippen LogP contribution is -2.31. The number of aliphatic carboxylic acids is 1. The number of carbonyl (C=O) groups is 2. The lowest BCUT2D eigenvalue weighted by Gasteiger charge is -2.13. The lowest BCUT2D eigenvalue weighted by atomic mass is 9.99. The van der Waals surface area contributed by atoms with E-state index in [9.17, 15) is 14.7 Å². The van der Waals surface area contributed by atoms with E-state index < -0.39 is 11.9 Å². The van der Waals surface area contributed by atoms with Gasteiger partial charge in [0.2, 0.25) is 0 Å². The summed E-state index contributed by atoms with van der Waals surface area (Å²) >= 11 is 1.35. The van der Waals surface area contributed by atoms with Gasteiger partial charge in [0.05, 0.1) is 17.1 Å². The molecule has 1 heterocycles. The molecule has 0 fully saturated rings. The third-order valence-corrected chi connectivity index (χ3v) is 4.26. The van der Waals surface area contributed by atoms with Crippen molar-refractivity contribution in [1.29, 1.82) is 0 Å². The van der Waals surface area contributed by atoms with Gasteiger partial charge in [-0.2, -0.15) is 0 Å². The molecule has 22 heavy (non-hydrogen) atoms. The van der Waals surface area contributed by atoms with Crippen LogP contribution >= 0.6 is 11.3 Å². The van der Waals surface area contributed by atoms with Crippen molar-refractivity contribution in [2.24, 2.45) is 0 Å². The lowest BCUT2D eigenvalue weighted by molar-refractivity contribution is -0.138. The van der Waals surface area contributed by atoms with Gasteiger partial charge >= 0.3 is 5.97 Å². The zero-order valence-corrected chi connectivity index (χ0v) is 13.1. The van der Waals surface area contributed by atoms with E-state index in [2.05, 4.69) is 17.2 Å². The third kappa shape index (κ3) is 4.14. The Morgan fingerprint density at radius 3 is 2.68 bits per heavy atom. The highest BCUT2D eigenvalue weighted by Gasteiger charge is 2.21. The Morgan fingerprint density at radius 1 is 1.32 bits per heavy atom. The van der Waals surface area contributed by atoms with E-state index in [0.29, 0.717) is 10.4 Å². The summed E-state index contributed by atoms with van der Waals surface area (Å²) in [6.07, 6.45) is 3.37. The van der Waals surface area contributed by atoms with Crippen LogP contribution in [0.25, 0.3) is 0 Å². The Balaban J connectivity index is 2.00. The SMILES string of the molecule is CCCc1ncc(C(=O)NCC(C(=O)O)c2ccccc2)s1. The molecule has 1 aromatic heterocycles. The maximum atomic E-state index is 12.1. The molecule has 0 aliphatic heterocycles. The predicted molar refractivity (Wildman–Crippen MR) is 85.3 cm³/mol. The summed E-state index contributed by atoms with van der Waals surface area (Å²) in [4.78, 5) is 28.2. The predicted octanol–water partition coefficient (Wildman–Crippen LogP) is 2.69. The second kappa shape index (κ2) is 7.70. The molecule has 1 unspecified atom stereocenters. The molecule has 2 N–H and O–H groups in total. The van der Waals surface area contributed by atoms with Gasteiger partial charge < -0.3 is 10.4 Å². The number of hydrogen-bond acceptors (Lipinski definition) is 4. The van der Waals surface area contributed by atoms with Gasteiger partial charge in [-0.3, -0.25) is 9.59 Å². The minimum Gasteiger partial charge on any atom is -0.481 e. The van der Waals surface area contributed by atoms with Crippen LogP contribution < -0.4 is 5.32 Å². The van der Waals surface area contributed by atoms with Crippen LogP contribution in [0.15, 0.2) is 36.5 Å². The van der Waals surface area contributed by atoms with Crippen LogP contribution in [0.4, 0.5) is 0 Å². The number of nitrogens with one attached hydrogen (secondary N) is 1. The first-order chi connectivity index (χ1) is 10.6. The van der Waals surface area contributed by atoms with Crippen LogP contribution in [0.2, 0.25) is 0 Å². The largest absolute Gasteiger partial charge is 0.481 e. The van der Waals surface area contributed by atoms with Crippen LogP contribution in [0.3, 0.4) is 0 Å². The molecule has 1 amide bonds. The minimum absolute atomic E-state index is 0.0548. The molecule has 1 aromatic carbocycles. The smallest absolute Gasteiger partial charge is 0.312 e. The van der Waals surface area contributed by atoms with Crippen molar-refractivity contribution in [1.82, 2.24) is 10.3 Å². The normalized spacial score (nSPS) is 11.9. The number of hydrogen-bond donors (Lipinski definition) is 2. The van der Waals surface area contributed by atoms with Gasteiger partial charge in [-0.25, -0.2) is 4.98 Å². The molecule has 0 radical (unpaired) electrons. The summed E-state index contributed by atoms with van der Waals surface area (Å²) in [6, 6.07) is 8.89. The Labute approximate surface area is 133 Å². The molecule has 0 aliphatic carbocycles. The van der Waals surface area contributed by atoms with Crippen molar-refractivity contribution in [2.45, 2.75) is 25.7 Å². The number of rotatable bonds is 7. The quantitative estimate of drug-likeness (QED) is 0.822. The Kier molecular flexibility index (Phi) is 5.66. The van der Waals surface area contributed by atoms with Crippen LogP contribution in [0.1, 0.15) is 39.5 Å². The van der Waals surface area contributed by atoms with E-state index in [1.165, 1.54) is 11.3 Å². The van der Waals surface area contributed by atoms with Crippen LogP contribution in [0.5, 0.6) is 0 Å². The van der Waals surface area contributed by atoms with Crippen molar-refractivity contribution < 1.29 is 14.7 Å². The summed E-state index contributed by atoms with van der Waals surface area (Å²) < 4.78 is 0. The summed E-state index contributed by atoms with van der Waals surface area (Å²) in [5.74, 6) is -1.99. The number of aromatic nitrogens is 1. The maximum Gasteiger partial charge on any atom is 0.312 e. The van der Waals surface area contributed by atoms with Crippen molar-refractivity contribution in [3.05, 3.63) is 52.0 Å². The average molecular weight is 318 g/mol. The standard InChI is InChI=1S/C16H18N2O3S/c1-2-6-14-17-10-13(22-14)15(19)18-9-12(16(20)21)11-7-4-3-5-8-11/h3-5,7-8,10,12H,2,6,9H2,1H3,(H,18,19)(H,20,21). The van der Waals surface area contributed by atoms with Crippen LogP contribution in [-0.4, -0.2) is 28.5 Å². The Bertz CT molecular complexity index is 640. The summed E-state index contributed by atoms with van der Waals surface area (Å²) in [5.41, 5.74) is 0.672. The zero-order chi connectivity index (χ0) is 15.9. The average Bonchev–Trinajstić information content (AvgIpc) is 2.97. The number of carbonyl (C=O) groups excluding carboxylic acids is 1. The van der Waals surface area contributed by atoms with E-state index in [0.717, 1.165) is 17.8 Å². The fraction of sp³-hybridized carbons (Fsp3) is 0.312. The van der Waals surface area contributed by atoms with Gasteiger partial charge in [0, 0.05) is 6.54 Å². The van der Waals surface area contributed by atoms with Gasteiger partial charge in [0.25, 0.3) is 5.91 Å². The highest BCUT2D eigenvalue weighted by atomic mass is 32.1. The van der Waals surface area contributed by atoms with E-state index >= 15 is 0 Å². The Morgan fingerprint density at radius 2 is 2.05 bits per heavy atom. The van der Waals surface area contributed by atoms with Crippen molar-refractivity contribution in [3.8, 4) is 0 Å². The van der Waals surface area contributed by atoms with Gasteiger partial charge in [-0.1, -0.05) is 37.3 Å². The number of amides is 1. The molecule has 0 saturated carbocycles. The molecule has 2 rings (SSSR count). The van der Waals surface area contributed by atoms with Gasteiger partial charge in [0.15, 0.2) is 0 Å². The second-order valence-electron chi connectivity index (χ2n) is 4.88. The summed E-state index contributed by atoms with van der Waals surface area (Å²) in [6.45, 7) is 2.11. The molecule has 5 nitrogen and oxygen atoms in total. The van der Waals surface area contributed by atoms with E-state index in [1.807, 2.05) is 6.07 Å². The molecule has 0 saturated heterocycles. The number of benzene rings is 1. The van der Waals surface area contributed by atoms with Gasteiger partial charge in [-0.05, 0) is 18.4 Å². The molecule has 116 valence electrons. The number of nitrogens with zero attached hydrogens (tertiary/aromatic N) is 1. The van der Waals surface area contributed by atoms with Crippen molar-refractivity contribution in [2.75, 3.05) is 6.54 Å². The van der Waals surface area contributed by atoms with E-state index in [-0.39, 0.29) is 12.5 Å². The number of carboxylic acids is 1. The topological polar surface area (TPSA) is 79.3 Å². The Hall–Kier alpha value is -2.21. The monoisotopic (exact) mass is 318 g/mol. The van der Waals surface area contributed by atoms with Crippen LogP contribution in [0, 0.1) is 0 Å². The van der Waals surface area contributed by atoms with Gasteiger partial charge in [-0.15, -0.1) is 11.3 Å². The first-order valence-corrected chi connectivity index (χ1v) is 7.94. The fourth-order valence-electron chi connectivity index (χ4n) is 2.06. The second-order valence-corrected chi connectivity index (χ2v) is 5.99. The molecular formula is C16H18N2O3S. The first kappa shape index (κ1) is 16.2. The number of thiazole rings is 1. The third-order valence-electron chi connectivity index (χ3n) is 3.21. The minimum atomic E-state index is -0.956. The first-order valence-electron chi connectivity index (χ1n) is 7.12. The maximum absolute atomic E-state index is 12.1. The van der Waals surface area contributed by atoms with Crippen molar-refractivity contribution >= 4 is 23.2 Å². The number of carboxylic acid groups (broad SMARTS) is 1. The van der Waals surface area contributed by atoms with Crippen molar-refractivity contribution in [3.63, 3.8) is 0 Å². The number of aryl methyl sites for hydroxylation is 1. The molecular weight excluding hydrogens is 300 g/mol. The molecule has 0 spiro atoms. The van der Waals surface area contributed by atoms with Crippen LogP contribution in [-0.2, 0) is 11.2 Å². The fourth-order valence-corrected chi connectivity index (χ4v) is 3.00. The van der Waals surface area contributed by atoms with Gasteiger partial charge in [0.1, 0.15) is 4.88 Å². The van der Waals surface area contributed by atoms with E-state index in [4.69, 9.17) is 0 Å². The molecule has 6 heteroatoms. The van der Waals surface area contributed by atoms with E-state index in [1.54, 1.807) is 30.5 Å². The highest BCUT2D eigenvalue weighted by Crippen LogP contribution is 2.17. The summed E-state index contributed by atoms with van der Waals surface area (Å²) in [7, 11) is 0. The highest BCUT2D eigenvalue weighted by molar-refractivity contribution is 7.13. The molecule has 2 aromatic rings.